The van der Waals surface area contributed by atoms with E-state index in [9.17, 15) is 14.0 Å². The molecule has 0 atom stereocenters. The third-order valence-corrected chi connectivity index (χ3v) is 2.68. The fourth-order valence-electron chi connectivity index (χ4n) is 1.65. The van der Waals surface area contributed by atoms with Gasteiger partial charge in [0.25, 0.3) is 5.91 Å². The molecule has 0 radical (unpaired) electrons. The van der Waals surface area contributed by atoms with E-state index >= 15 is 0 Å². The number of ketones is 1. The summed E-state index contributed by atoms with van der Waals surface area (Å²) in [6.45, 7) is 1.66. The molecule has 5 heteroatoms. The van der Waals surface area contributed by atoms with Gasteiger partial charge in [0.05, 0.1) is 0 Å². The first-order valence-corrected chi connectivity index (χ1v) is 5.78. The van der Waals surface area contributed by atoms with E-state index in [4.69, 9.17) is 0 Å². The Balaban J connectivity index is 1.99. The van der Waals surface area contributed by atoms with Crippen LogP contribution < -0.4 is 5.32 Å². The molecule has 4 nitrogen and oxygen atoms in total. The van der Waals surface area contributed by atoms with Crippen molar-refractivity contribution in [1.82, 2.24) is 10.3 Å². The summed E-state index contributed by atoms with van der Waals surface area (Å²) in [6, 6.07) is 7.49. The minimum absolute atomic E-state index is 0.111. The maximum Gasteiger partial charge on any atom is 0.267 e. The van der Waals surface area contributed by atoms with Crippen LogP contribution in [0.15, 0.2) is 36.5 Å². The van der Waals surface area contributed by atoms with Gasteiger partial charge in [-0.15, -0.1) is 0 Å². The molecule has 0 aliphatic heterocycles. The van der Waals surface area contributed by atoms with Crippen molar-refractivity contribution in [3.63, 3.8) is 0 Å². The molecule has 98 valence electrons. The molecule has 0 spiro atoms. The molecule has 0 saturated heterocycles. The number of Topliss-reactive ketones (excluding diaryl/α,β-unsaturated/α-hetero) is 1. The largest absolute Gasteiger partial charge is 0.356 e. The van der Waals surface area contributed by atoms with Gasteiger partial charge in [-0.3, -0.25) is 9.59 Å². The van der Waals surface area contributed by atoms with Crippen molar-refractivity contribution in [3.05, 3.63) is 59.2 Å². The highest BCUT2D eigenvalue weighted by molar-refractivity contribution is 5.99. The number of H-pyrrole nitrogens is 1. The van der Waals surface area contributed by atoms with Crippen LogP contribution in [0.4, 0.5) is 4.39 Å². The minimum atomic E-state index is -0.342. The molecule has 2 N–H and O–H groups in total. The molecule has 1 aromatic carbocycles. The van der Waals surface area contributed by atoms with Crippen molar-refractivity contribution < 1.29 is 14.0 Å². The lowest BCUT2D eigenvalue weighted by Crippen LogP contribution is -2.23. The van der Waals surface area contributed by atoms with Crippen LogP contribution in [0.25, 0.3) is 0 Å². The predicted molar refractivity (Wildman–Crippen MR) is 68.4 cm³/mol. The highest BCUT2D eigenvalue weighted by atomic mass is 19.1. The number of aromatic nitrogens is 1. The second-order valence-corrected chi connectivity index (χ2v) is 4.17. The lowest BCUT2D eigenvalue weighted by Gasteiger charge is -2.03. The standard InChI is InChI=1S/C14H13FN2O2/c1-9(18)11-6-13(16-8-11)14(19)17-7-10-3-2-4-12(15)5-10/h2-6,8,16H,7H2,1H3,(H,17,19). The Bertz CT molecular complexity index is 619. The zero-order valence-corrected chi connectivity index (χ0v) is 10.4. The first kappa shape index (κ1) is 13.0. The number of aromatic amines is 1. The average Bonchev–Trinajstić information content (AvgIpc) is 2.86. The molecule has 19 heavy (non-hydrogen) atoms. The van der Waals surface area contributed by atoms with E-state index < -0.39 is 0 Å². The fraction of sp³-hybridized carbons (Fsp3) is 0.143. The highest BCUT2D eigenvalue weighted by Crippen LogP contribution is 2.06. The number of nitrogens with one attached hydrogen (secondary N) is 2. The van der Waals surface area contributed by atoms with Crippen molar-refractivity contribution in [2.45, 2.75) is 13.5 Å². The Hall–Kier alpha value is -2.43. The van der Waals surface area contributed by atoms with E-state index in [-0.39, 0.29) is 24.1 Å². The first-order chi connectivity index (χ1) is 9.06. The SMILES string of the molecule is CC(=O)c1c[nH]c(C(=O)NCc2cccc(F)c2)c1. The van der Waals surface area contributed by atoms with Gasteiger partial charge < -0.3 is 10.3 Å². The van der Waals surface area contributed by atoms with E-state index in [1.165, 1.54) is 31.3 Å². The number of carbonyl (C=O) groups excluding carboxylic acids is 2. The monoisotopic (exact) mass is 260 g/mol. The Labute approximate surface area is 109 Å². The third kappa shape index (κ3) is 3.28. The molecule has 0 aliphatic carbocycles. The average molecular weight is 260 g/mol. The second kappa shape index (κ2) is 5.48. The van der Waals surface area contributed by atoms with Crippen molar-refractivity contribution in [2.75, 3.05) is 0 Å². The van der Waals surface area contributed by atoms with Gasteiger partial charge in [-0.1, -0.05) is 12.1 Å². The van der Waals surface area contributed by atoms with E-state index in [2.05, 4.69) is 10.3 Å². The van der Waals surface area contributed by atoms with Crippen molar-refractivity contribution in [2.24, 2.45) is 0 Å². The maximum absolute atomic E-state index is 13.0. The summed E-state index contributed by atoms with van der Waals surface area (Å²) in [5.74, 6) is -0.789. The van der Waals surface area contributed by atoms with Crippen LogP contribution in [-0.2, 0) is 6.54 Å². The van der Waals surface area contributed by atoms with E-state index in [0.717, 1.165) is 0 Å². The Kier molecular flexibility index (Phi) is 3.75. The summed E-state index contributed by atoms with van der Waals surface area (Å²) in [6.07, 6.45) is 1.49. The van der Waals surface area contributed by atoms with Gasteiger partial charge >= 0.3 is 0 Å². The summed E-state index contributed by atoms with van der Waals surface area (Å²) in [5, 5.41) is 2.65. The molecule has 0 fully saturated rings. The Morgan fingerprint density at radius 3 is 2.74 bits per heavy atom. The van der Waals surface area contributed by atoms with E-state index in [0.29, 0.717) is 16.8 Å². The molecular weight excluding hydrogens is 247 g/mol. The van der Waals surface area contributed by atoms with Gasteiger partial charge in [-0.25, -0.2) is 4.39 Å². The fourth-order valence-corrected chi connectivity index (χ4v) is 1.65. The van der Waals surface area contributed by atoms with Gasteiger partial charge in [0, 0.05) is 18.3 Å². The molecule has 1 amide bonds. The molecule has 1 aromatic heterocycles. The van der Waals surface area contributed by atoms with Crippen LogP contribution >= 0.6 is 0 Å². The van der Waals surface area contributed by atoms with Gasteiger partial charge in [-0.05, 0) is 30.7 Å². The molecule has 2 aromatic rings. The maximum atomic E-state index is 13.0. The zero-order valence-electron chi connectivity index (χ0n) is 10.4. The molecular formula is C14H13FN2O2. The number of amides is 1. The van der Waals surface area contributed by atoms with Gasteiger partial charge in [-0.2, -0.15) is 0 Å². The van der Waals surface area contributed by atoms with Crippen LogP contribution in [-0.4, -0.2) is 16.7 Å². The number of carbonyl (C=O) groups is 2. The number of hydrogen-bond donors (Lipinski definition) is 2. The van der Waals surface area contributed by atoms with Crippen LogP contribution in [0, 0.1) is 5.82 Å². The number of rotatable bonds is 4. The third-order valence-electron chi connectivity index (χ3n) is 2.68. The van der Waals surface area contributed by atoms with Crippen LogP contribution in [0.5, 0.6) is 0 Å². The van der Waals surface area contributed by atoms with Gasteiger partial charge in [0.2, 0.25) is 0 Å². The van der Waals surface area contributed by atoms with E-state index in [1.807, 2.05) is 0 Å². The molecule has 0 unspecified atom stereocenters. The van der Waals surface area contributed by atoms with Crippen molar-refractivity contribution >= 4 is 11.7 Å². The Morgan fingerprint density at radius 2 is 2.11 bits per heavy atom. The lowest BCUT2D eigenvalue weighted by atomic mass is 10.2. The van der Waals surface area contributed by atoms with Crippen LogP contribution in [0.2, 0.25) is 0 Å². The first-order valence-electron chi connectivity index (χ1n) is 5.78. The molecule has 0 saturated carbocycles. The molecule has 1 heterocycles. The minimum Gasteiger partial charge on any atom is -0.356 e. The Morgan fingerprint density at radius 1 is 1.32 bits per heavy atom. The molecule has 2 rings (SSSR count). The lowest BCUT2D eigenvalue weighted by molar-refractivity contribution is 0.0946. The summed E-state index contributed by atoms with van der Waals surface area (Å²) in [4.78, 5) is 25.6. The van der Waals surface area contributed by atoms with Gasteiger partial charge in [0.1, 0.15) is 11.5 Å². The van der Waals surface area contributed by atoms with E-state index in [1.54, 1.807) is 12.1 Å². The van der Waals surface area contributed by atoms with Crippen LogP contribution in [0.3, 0.4) is 0 Å². The summed E-state index contributed by atoms with van der Waals surface area (Å²) >= 11 is 0. The molecule has 0 aliphatic rings. The predicted octanol–water partition coefficient (Wildman–Crippen LogP) is 2.29. The number of hydrogen-bond acceptors (Lipinski definition) is 2. The number of benzene rings is 1. The van der Waals surface area contributed by atoms with Crippen molar-refractivity contribution in [3.8, 4) is 0 Å². The van der Waals surface area contributed by atoms with Crippen LogP contribution in [0.1, 0.15) is 33.3 Å². The smallest absolute Gasteiger partial charge is 0.267 e. The summed E-state index contributed by atoms with van der Waals surface area (Å²) < 4.78 is 13.0. The topological polar surface area (TPSA) is 62.0 Å². The van der Waals surface area contributed by atoms with Gasteiger partial charge in [0.15, 0.2) is 5.78 Å². The highest BCUT2D eigenvalue weighted by Gasteiger charge is 2.10. The van der Waals surface area contributed by atoms with Crippen molar-refractivity contribution in [1.29, 1.82) is 0 Å². The quantitative estimate of drug-likeness (QED) is 0.828. The summed E-state index contributed by atoms with van der Waals surface area (Å²) in [7, 11) is 0. The zero-order chi connectivity index (χ0) is 13.8. The second-order valence-electron chi connectivity index (χ2n) is 4.17. The molecule has 0 bridgehead atoms. The normalized spacial score (nSPS) is 10.2. The summed E-state index contributed by atoms with van der Waals surface area (Å²) in [5.41, 5.74) is 1.43. The number of halogens is 1.